The van der Waals surface area contributed by atoms with E-state index < -0.39 is 11.6 Å². The van der Waals surface area contributed by atoms with Crippen molar-refractivity contribution in [3.05, 3.63) is 59.7 Å². The van der Waals surface area contributed by atoms with Gasteiger partial charge in [-0.1, -0.05) is 38.1 Å². The van der Waals surface area contributed by atoms with Crippen molar-refractivity contribution in [2.75, 3.05) is 6.26 Å². The third-order valence-electron chi connectivity index (χ3n) is 4.81. The SMILES string of the molecule is CSc1ccc(C(=O)[C@@H](C)[C@H](C)c2cccc(OC(C)(C)C(=O)O)c2)cc1. The highest BCUT2D eigenvalue weighted by molar-refractivity contribution is 7.98. The predicted molar refractivity (Wildman–Crippen MR) is 109 cm³/mol. The highest BCUT2D eigenvalue weighted by Crippen LogP contribution is 2.30. The highest BCUT2D eigenvalue weighted by atomic mass is 32.2. The molecule has 0 aliphatic rings. The van der Waals surface area contributed by atoms with Crippen molar-refractivity contribution in [3.8, 4) is 5.75 Å². The zero-order chi connectivity index (χ0) is 20.2. The number of aliphatic carboxylic acids is 1. The average Bonchev–Trinajstić information content (AvgIpc) is 2.66. The van der Waals surface area contributed by atoms with Gasteiger partial charge in [-0.15, -0.1) is 11.8 Å². The van der Waals surface area contributed by atoms with Gasteiger partial charge in [0, 0.05) is 16.4 Å². The minimum absolute atomic E-state index is 0.0331. The lowest BCUT2D eigenvalue weighted by molar-refractivity contribution is -0.152. The van der Waals surface area contributed by atoms with Gasteiger partial charge in [0.05, 0.1) is 0 Å². The van der Waals surface area contributed by atoms with Gasteiger partial charge in [0.2, 0.25) is 0 Å². The molecule has 0 aliphatic heterocycles. The quantitative estimate of drug-likeness (QED) is 0.494. The monoisotopic (exact) mass is 386 g/mol. The Hall–Kier alpha value is -2.27. The normalized spacial score (nSPS) is 13.7. The van der Waals surface area contributed by atoms with Gasteiger partial charge in [-0.05, 0) is 55.9 Å². The van der Waals surface area contributed by atoms with Crippen molar-refractivity contribution in [3.63, 3.8) is 0 Å². The number of thioether (sulfide) groups is 1. The van der Waals surface area contributed by atoms with Crippen molar-refractivity contribution in [2.24, 2.45) is 5.92 Å². The summed E-state index contributed by atoms with van der Waals surface area (Å²) in [6.45, 7) is 6.94. The first-order valence-corrected chi connectivity index (χ1v) is 10.1. The van der Waals surface area contributed by atoms with Crippen LogP contribution < -0.4 is 4.74 Å². The first-order chi connectivity index (χ1) is 12.7. The number of rotatable bonds is 8. The van der Waals surface area contributed by atoms with Crippen LogP contribution in [0.4, 0.5) is 0 Å². The summed E-state index contributed by atoms with van der Waals surface area (Å²) in [5.41, 5.74) is 0.323. The van der Waals surface area contributed by atoms with Crippen LogP contribution in [0.3, 0.4) is 0 Å². The van der Waals surface area contributed by atoms with E-state index in [0.717, 1.165) is 10.5 Å². The number of ketones is 1. The van der Waals surface area contributed by atoms with Gasteiger partial charge in [-0.2, -0.15) is 0 Å². The summed E-state index contributed by atoms with van der Waals surface area (Å²) in [4.78, 5) is 25.2. The lowest BCUT2D eigenvalue weighted by Gasteiger charge is -2.24. The Labute approximate surface area is 164 Å². The molecule has 27 heavy (non-hydrogen) atoms. The fourth-order valence-corrected chi connectivity index (χ4v) is 3.14. The second kappa shape index (κ2) is 8.61. The summed E-state index contributed by atoms with van der Waals surface area (Å²) < 4.78 is 5.62. The molecule has 0 aromatic heterocycles. The number of ether oxygens (including phenoxy) is 1. The lowest BCUT2D eigenvalue weighted by Crippen LogP contribution is -2.37. The topological polar surface area (TPSA) is 63.6 Å². The van der Waals surface area contributed by atoms with E-state index in [4.69, 9.17) is 4.74 Å². The molecule has 1 N–H and O–H groups in total. The van der Waals surface area contributed by atoms with E-state index >= 15 is 0 Å². The van der Waals surface area contributed by atoms with Gasteiger partial charge in [0.15, 0.2) is 11.4 Å². The Balaban J connectivity index is 2.18. The number of Topliss-reactive ketones (excluding diaryl/α,β-unsaturated/α-hetero) is 1. The van der Waals surface area contributed by atoms with Crippen LogP contribution in [0.2, 0.25) is 0 Å². The maximum Gasteiger partial charge on any atom is 0.347 e. The van der Waals surface area contributed by atoms with Crippen molar-refractivity contribution >= 4 is 23.5 Å². The summed E-state index contributed by atoms with van der Waals surface area (Å²) in [5.74, 6) is -0.705. The molecular weight excluding hydrogens is 360 g/mol. The molecule has 2 atom stereocenters. The molecule has 5 heteroatoms. The lowest BCUT2D eigenvalue weighted by atomic mass is 9.84. The summed E-state index contributed by atoms with van der Waals surface area (Å²) in [5, 5.41) is 9.23. The zero-order valence-corrected chi connectivity index (χ0v) is 17.2. The van der Waals surface area contributed by atoms with Crippen LogP contribution in [0.25, 0.3) is 0 Å². The molecule has 0 saturated carbocycles. The molecule has 0 unspecified atom stereocenters. The van der Waals surface area contributed by atoms with E-state index in [9.17, 15) is 14.7 Å². The smallest absolute Gasteiger partial charge is 0.347 e. The van der Waals surface area contributed by atoms with Crippen LogP contribution in [-0.4, -0.2) is 28.7 Å². The van der Waals surface area contributed by atoms with Gasteiger partial charge >= 0.3 is 5.97 Å². The maximum atomic E-state index is 12.8. The van der Waals surface area contributed by atoms with E-state index in [1.165, 1.54) is 13.8 Å². The van der Waals surface area contributed by atoms with Crippen molar-refractivity contribution < 1.29 is 19.4 Å². The minimum atomic E-state index is -1.32. The predicted octanol–water partition coefficient (Wildman–Crippen LogP) is 5.27. The molecule has 4 nitrogen and oxygen atoms in total. The molecule has 0 fully saturated rings. The molecule has 0 aliphatic carbocycles. The number of carbonyl (C=O) groups excluding carboxylic acids is 1. The van der Waals surface area contributed by atoms with Crippen LogP contribution >= 0.6 is 11.8 Å². The van der Waals surface area contributed by atoms with E-state index in [1.54, 1.807) is 17.8 Å². The van der Waals surface area contributed by atoms with Gasteiger partial charge in [0.1, 0.15) is 5.75 Å². The summed E-state index contributed by atoms with van der Waals surface area (Å²) in [6, 6.07) is 15.0. The molecular formula is C22H26O4S. The van der Waals surface area contributed by atoms with Crippen LogP contribution in [0.5, 0.6) is 5.75 Å². The molecule has 2 aromatic carbocycles. The fraction of sp³-hybridized carbons (Fsp3) is 0.364. The Morgan fingerprint density at radius 2 is 1.70 bits per heavy atom. The van der Waals surface area contributed by atoms with Crippen molar-refractivity contribution in [1.29, 1.82) is 0 Å². The van der Waals surface area contributed by atoms with E-state index in [1.807, 2.05) is 62.6 Å². The highest BCUT2D eigenvalue weighted by Gasteiger charge is 2.30. The Morgan fingerprint density at radius 3 is 2.26 bits per heavy atom. The van der Waals surface area contributed by atoms with E-state index in [2.05, 4.69) is 0 Å². The van der Waals surface area contributed by atoms with Crippen LogP contribution in [0, 0.1) is 5.92 Å². The third-order valence-corrected chi connectivity index (χ3v) is 5.55. The van der Waals surface area contributed by atoms with E-state index in [0.29, 0.717) is 11.3 Å². The molecule has 0 saturated heterocycles. The number of carboxylic acid groups (broad SMARTS) is 1. The van der Waals surface area contributed by atoms with Gasteiger partial charge in [-0.3, -0.25) is 4.79 Å². The Kier molecular flexibility index (Phi) is 6.71. The molecule has 0 radical (unpaired) electrons. The van der Waals surface area contributed by atoms with Gasteiger partial charge in [-0.25, -0.2) is 4.79 Å². The molecule has 0 amide bonds. The Bertz CT molecular complexity index is 811. The standard InChI is InChI=1S/C22H26O4S/c1-14(15(2)20(23)16-9-11-19(27-5)12-10-16)17-7-6-8-18(13-17)26-22(3,4)21(24)25/h6-15H,1-5H3,(H,24,25)/t14-,15-/m0/s1. The average molecular weight is 387 g/mol. The summed E-state index contributed by atoms with van der Waals surface area (Å²) >= 11 is 1.64. The molecule has 0 bridgehead atoms. The van der Waals surface area contributed by atoms with Crippen molar-refractivity contribution in [1.82, 2.24) is 0 Å². The zero-order valence-electron chi connectivity index (χ0n) is 16.4. The van der Waals surface area contributed by atoms with Crippen LogP contribution in [0.1, 0.15) is 49.5 Å². The number of benzene rings is 2. The number of carboxylic acids is 1. The molecule has 0 heterocycles. The third kappa shape index (κ3) is 5.13. The number of carbonyl (C=O) groups is 2. The first-order valence-electron chi connectivity index (χ1n) is 8.86. The van der Waals surface area contributed by atoms with Crippen molar-refractivity contribution in [2.45, 2.75) is 44.1 Å². The van der Waals surface area contributed by atoms with E-state index in [-0.39, 0.29) is 17.6 Å². The minimum Gasteiger partial charge on any atom is -0.478 e. The largest absolute Gasteiger partial charge is 0.478 e. The Morgan fingerprint density at radius 1 is 1.07 bits per heavy atom. The van der Waals surface area contributed by atoms with Crippen LogP contribution in [-0.2, 0) is 4.79 Å². The summed E-state index contributed by atoms with van der Waals surface area (Å²) in [7, 11) is 0. The van der Waals surface area contributed by atoms with Gasteiger partial charge in [0.25, 0.3) is 0 Å². The number of hydrogen-bond donors (Lipinski definition) is 1. The molecule has 2 aromatic rings. The van der Waals surface area contributed by atoms with Crippen LogP contribution in [0.15, 0.2) is 53.4 Å². The second-order valence-corrected chi connectivity index (χ2v) is 8.04. The number of hydrogen-bond acceptors (Lipinski definition) is 4. The molecule has 0 spiro atoms. The fourth-order valence-electron chi connectivity index (χ4n) is 2.73. The molecule has 2 rings (SSSR count). The second-order valence-electron chi connectivity index (χ2n) is 7.16. The molecule has 144 valence electrons. The summed E-state index contributed by atoms with van der Waals surface area (Å²) in [6.07, 6.45) is 2.00. The van der Waals surface area contributed by atoms with Gasteiger partial charge < -0.3 is 9.84 Å². The first kappa shape index (κ1) is 21.0. The maximum absolute atomic E-state index is 12.8.